The highest BCUT2D eigenvalue weighted by Crippen LogP contribution is 2.41. The quantitative estimate of drug-likeness (QED) is 0.213. The van der Waals surface area contributed by atoms with Gasteiger partial charge >= 0.3 is 6.03 Å². The molecule has 1 aliphatic heterocycles. The van der Waals surface area contributed by atoms with E-state index in [0.29, 0.717) is 30.0 Å². The van der Waals surface area contributed by atoms with Crippen LogP contribution in [0.2, 0.25) is 0 Å². The summed E-state index contributed by atoms with van der Waals surface area (Å²) in [7, 11) is 0. The highest BCUT2D eigenvalue weighted by Gasteiger charge is 2.40. The van der Waals surface area contributed by atoms with Crippen LogP contribution in [-0.2, 0) is 10.3 Å². The number of nitrogens with one attached hydrogen (secondary N) is 2. The van der Waals surface area contributed by atoms with Crippen molar-refractivity contribution in [2.75, 3.05) is 17.2 Å². The maximum absolute atomic E-state index is 15.1. The van der Waals surface area contributed by atoms with Crippen LogP contribution < -0.4 is 16.4 Å². The van der Waals surface area contributed by atoms with Crippen LogP contribution in [0.4, 0.5) is 20.6 Å². The normalized spacial score (nSPS) is 20.3. The van der Waals surface area contributed by atoms with Crippen molar-refractivity contribution in [3.05, 3.63) is 82.1 Å². The summed E-state index contributed by atoms with van der Waals surface area (Å²) in [5.41, 5.74) is 8.30. The molecule has 1 unspecified atom stereocenters. The predicted molar refractivity (Wildman–Crippen MR) is 165 cm³/mol. The number of nitriles is 1. The van der Waals surface area contributed by atoms with Gasteiger partial charge in [0.2, 0.25) is 5.91 Å². The first-order valence-corrected chi connectivity index (χ1v) is 15.1. The Morgan fingerprint density at radius 2 is 1.98 bits per heavy atom. The molecule has 1 heterocycles. The van der Waals surface area contributed by atoms with Gasteiger partial charge in [0.05, 0.1) is 29.8 Å². The third-order valence-corrected chi connectivity index (χ3v) is 8.45. The fraction of sp³-hybridized carbons (Fsp3) is 0.406. The number of likely N-dealkylation sites (tertiary alicyclic amines) is 1. The number of carbonyl (C=O) groups excluding carboxylic acids is 2. The van der Waals surface area contributed by atoms with Crippen molar-refractivity contribution < 1.29 is 19.1 Å². The number of allylic oxidation sites excluding steroid dienone is 3. The Morgan fingerprint density at radius 3 is 2.64 bits per heavy atom. The average molecular weight is 639 g/mol. The van der Waals surface area contributed by atoms with Crippen LogP contribution >= 0.6 is 15.9 Å². The topological polar surface area (TPSA) is 131 Å². The maximum atomic E-state index is 15.1. The second-order valence-corrected chi connectivity index (χ2v) is 11.9. The molecule has 0 radical (unpaired) electrons. The standard InChI is InChI=1S/C32H37BrFN5O3/c1-2-22(6-4-3-5-17-35)32(36,16-15-21-7-8-21)23-9-14-27(34)28(18-23)38-30(41)29-19-26(40)20-39(29)31(42)37-25-12-10-24(33)11-13-25/h3-4,6,9-14,18,21,26,29,40H,2,5,7-8,15-16,19-20,36H2,1H3,(H,37,42)(H,38,41)/b4-3-,22-6+/t26-,29-,32?/m1/s1. The number of carbonyl (C=O) groups is 2. The minimum absolute atomic E-state index is 0.0278. The van der Waals surface area contributed by atoms with Crippen LogP contribution in [0, 0.1) is 23.1 Å². The average Bonchev–Trinajstić information content (AvgIpc) is 3.72. The lowest BCUT2D eigenvalue weighted by atomic mass is 9.77. The molecule has 10 heteroatoms. The third-order valence-electron chi connectivity index (χ3n) is 7.92. The van der Waals surface area contributed by atoms with Crippen LogP contribution in [0.5, 0.6) is 0 Å². The molecular weight excluding hydrogens is 601 g/mol. The maximum Gasteiger partial charge on any atom is 0.322 e. The molecule has 2 fully saturated rings. The zero-order chi connectivity index (χ0) is 30.3. The lowest BCUT2D eigenvalue weighted by Crippen LogP contribution is -2.45. The van der Waals surface area contributed by atoms with Gasteiger partial charge in [-0.2, -0.15) is 5.26 Å². The first-order valence-electron chi connectivity index (χ1n) is 14.3. The molecule has 4 rings (SSSR count). The summed E-state index contributed by atoms with van der Waals surface area (Å²) in [5.74, 6) is -0.597. The molecule has 3 amide bonds. The van der Waals surface area contributed by atoms with E-state index in [0.717, 1.165) is 16.5 Å². The highest BCUT2D eigenvalue weighted by molar-refractivity contribution is 9.10. The first-order chi connectivity index (χ1) is 20.1. The molecule has 5 N–H and O–H groups in total. The van der Waals surface area contributed by atoms with E-state index in [-0.39, 0.29) is 25.1 Å². The first kappa shape index (κ1) is 31.4. The Morgan fingerprint density at radius 1 is 1.24 bits per heavy atom. The Kier molecular flexibility index (Phi) is 10.5. The van der Waals surface area contributed by atoms with E-state index < -0.39 is 35.4 Å². The van der Waals surface area contributed by atoms with Gasteiger partial charge in [-0.3, -0.25) is 4.79 Å². The number of hydrogen-bond acceptors (Lipinski definition) is 5. The second-order valence-electron chi connectivity index (χ2n) is 11.0. The molecule has 1 saturated heterocycles. The number of halogens is 2. The van der Waals surface area contributed by atoms with E-state index in [4.69, 9.17) is 11.0 Å². The largest absolute Gasteiger partial charge is 0.391 e. The number of benzene rings is 2. The smallest absolute Gasteiger partial charge is 0.322 e. The second kappa shape index (κ2) is 14.1. The minimum atomic E-state index is -0.993. The zero-order valence-corrected chi connectivity index (χ0v) is 25.2. The van der Waals surface area contributed by atoms with Crippen LogP contribution in [-0.4, -0.2) is 40.6 Å². The number of rotatable bonds is 11. The Balaban J connectivity index is 1.56. The molecule has 1 aliphatic carbocycles. The van der Waals surface area contributed by atoms with Crippen molar-refractivity contribution in [3.63, 3.8) is 0 Å². The molecule has 1 saturated carbocycles. The van der Waals surface area contributed by atoms with Gasteiger partial charge in [0.25, 0.3) is 0 Å². The van der Waals surface area contributed by atoms with Gasteiger partial charge in [0.1, 0.15) is 11.9 Å². The minimum Gasteiger partial charge on any atom is -0.391 e. The summed E-state index contributed by atoms with van der Waals surface area (Å²) in [4.78, 5) is 27.7. The van der Waals surface area contributed by atoms with Gasteiger partial charge in [-0.1, -0.05) is 60.0 Å². The van der Waals surface area contributed by atoms with Crippen LogP contribution in [0.3, 0.4) is 0 Å². The van der Waals surface area contributed by atoms with E-state index in [1.165, 1.54) is 23.8 Å². The number of aliphatic hydroxyl groups is 1. The van der Waals surface area contributed by atoms with E-state index in [2.05, 4.69) is 32.6 Å². The van der Waals surface area contributed by atoms with E-state index >= 15 is 4.39 Å². The fourth-order valence-corrected chi connectivity index (χ4v) is 5.61. The Labute approximate surface area is 254 Å². The summed E-state index contributed by atoms with van der Waals surface area (Å²) < 4.78 is 15.9. The van der Waals surface area contributed by atoms with Gasteiger partial charge in [-0.15, -0.1) is 0 Å². The van der Waals surface area contributed by atoms with Gasteiger partial charge in [-0.05, 0) is 72.7 Å². The molecule has 2 aromatic carbocycles. The molecule has 3 atom stereocenters. The highest BCUT2D eigenvalue weighted by atomic mass is 79.9. The lowest BCUT2D eigenvalue weighted by Gasteiger charge is -2.33. The molecule has 0 bridgehead atoms. The summed E-state index contributed by atoms with van der Waals surface area (Å²) in [6.45, 7) is 1.98. The van der Waals surface area contributed by atoms with Crippen molar-refractivity contribution in [2.45, 2.75) is 69.6 Å². The number of amides is 3. The van der Waals surface area contributed by atoms with Crippen molar-refractivity contribution >= 4 is 39.2 Å². The number of nitrogens with zero attached hydrogens (tertiary/aromatic N) is 2. The summed E-state index contributed by atoms with van der Waals surface area (Å²) in [6.07, 6.45) is 9.52. The van der Waals surface area contributed by atoms with Crippen LogP contribution in [0.15, 0.2) is 70.7 Å². The number of anilines is 2. The van der Waals surface area contributed by atoms with Gasteiger partial charge in [-0.25, -0.2) is 9.18 Å². The molecule has 2 aliphatic rings. The van der Waals surface area contributed by atoms with Crippen molar-refractivity contribution in [2.24, 2.45) is 11.7 Å². The van der Waals surface area contributed by atoms with Gasteiger partial charge in [0.15, 0.2) is 0 Å². The van der Waals surface area contributed by atoms with Gasteiger partial charge < -0.3 is 26.4 Å². The molecule has 2 aromatic rings. The van der Waals surface area contributed by atoms with Crippen molar-refractivity contribution in [1.29, 1.82) is 5.26 Å². The molecule has 0 spiro atoms. The Hall–Kier alpha value is -3.52. The van der Waals surface area contributed by atoms with Gasteiger partial charge in [0, 0.05) is 23.1 Å². The number of nitrogens with two attached hydrogens (primary N) is 1. The van der Waals surface area contributed by atoms with Crippen molar-refractivity contribution in [1.82, 2.24) is 4.90 Å². The SMILES string of the molecule is CC/C(=C\C=C/CC#N)C(N)(CCC1CC1)c1ccc(F)c(NC(=O)[C@H]2C[C@@H](O)CN2C(=O)Nc2ccc(Br)cc2)c1. The molecular formula is C32H37BrFN5O3. The third kappa shape index (κ3) is 7.85. The summed E-state index contributed by atoms with van der Waals surface area (Å²) in [6, 6.07) is 12.1. The monoisotopic (exact) mass is 637 g/mol. The number of β-amino-alcohol motifs (C(OH)–C–C–N with tert-alkyl or cyclic N) is 1. The molecule has 8 nitrogen and oxygen atoms in total. The summed E-state index contributed by atoms with van der Waals surface area (Å²) in [5, 5.41) is 24.6. The van der Waals surface area contributed by atoms with E-state index in [1.54, 1.807) is 42.5 Å². The van der Waals surface area contributed by atoms with Crippen LogP contribution in [0.25, 0.3) is 0 Å². The molecule has 42 heavy (non-hydrogen) atoms. The Bertz CT molecular complexity index is 1390. The number of hydrogen-bond donors (Lipinski definition) is 4. The lowest BCUT2D eigenvalue weighted by molar-refractivity contribution is -0.119. The van der Waals surface area contributed by atoms with Crippen molar-refractivity contribution in [3.8, 4) is 6.07 Å². The molecule has 0 aromatic heterocycles. The van der Waals surface area contributed by atoms with E-state index in [1.807, 2.05) is 19.1 Å². The van der Waals surface area contributed by atoms with E-state index in [9.17, 15) is 14.7 Å². The fourth-order valence-electron chi connectivity index (χ4n) is 5.35. The predicted octanol–water partition coefficient (Wildman–Crippen LogP) is 6.34. The zero-order valence-electron chi connectivity index (χ0n) is 23.7. The molecule has 222 valence electrons. The number of aliphatic hydroxyl groups excluding tert-OH is 1. The summed E-state index contributed by atoms with van der Waals surface area (Å²) >= 11 is 3.35. The van der Waals surface area contributed by atoms with Crippen LogP contribution in [0.1, 0.15) is 57.4 Å². The number of urea groups is 1.